The molecule has 0 aliphatic rings. The van der Waals surface area contributed by atoms with Crippen LogP contribution in [-0.2, 0) is 14.3 Å². The Bertz CT molecular complexity index is 176. The van der Waals surface area contributed by atoms with Gasteiger partial charge in [-0.05, 0) is 27.2 Å². The van der Waals surface area contributed by atoms with Crippen molar-refractivity contribution >= 4 is 5.78 Å². The maximum atomic E-state index is 10.9. The molecular formula is C12H24O3. The van der Waals surface area contributed by atoms with Crippen LogP contribution in [0.1, 0.15) is 47.0 Å². The molecule has 0 heterocycles. The van der Waals surface area contributed by atoms with E-state index in [0.717, 1.165) is 19.4 Å². The van der Waals surface area contributed by atoms with Gasteiger partial charge in [0.05, 0.1) is 18.8 Å². The van der Waals surface area contributed by atoms with Gasteiger partial charge in [-0.3, -0.25) is 4.79 Å². The highest BCUT2D eigenvalue weighted by atomic mass is 16.5. The van der Waals surface area contributed by atoms with Crippen LogP contribution in [0.15, 0.2) is 0 Å². The van der Waals surface area contributed by atoms with Crippen LogP contribution in [0.2, 0.25) is 0 Å². The normalized spacial score (nSPS) is 11.7. The predicted molar refractivity (Wildman–Crippen MR) is 61.1 cm³/mol. The Balaban J connectivity index is 3.44. The highest BCUT2D eigenvalue weighted by molar-refractivity contribution is 5.76. The largest absolute Gasteiger partial charge is 0.379 e. The molecule has 0 amide bonds. The van der Waals surface area contributed by atoms with Gasteiger partial charge in [-0.1, -0.05) is 13.3 Å². The maximum Gasteiger partial charge on any atom is 0.132 e. The Kier molecular flexibility index (Phi) is 7.61. The van der Waals surface area contributed by atoms with E-state index < -0.39 is 0 Å². The number of unbranched alkanes of at least 4 members (excludes halogenated alkanes) is 1. The minimum atomic E-state index is -0.361. The summed E-state index contributed by atoms with van der Waals surface area (Å²) in [6.45, 7) is 9.55. The molecule has 3 heteroatoms. The van der Waals surface area contributed by atoms with Gasteiger partial charge in [0, 0.05) is 13.0 Å². The van der Waals surface area contributed by atoms with Gasteiger partial charge in [0.25, 0.3) is 0 Å². The number of ether oxygens (including phenoxy) is 2. The topological polar surface area (TPSA) is 35.5 Å². The summed E-state index contributed by atoms with van der Waals surface area (Å²) < 4.78 is 10.9. The van der Waals surface area contributed by atoms with Gasteiger partial charge >= 0.3 is 0 Å². The minimum Gasteiger partial charge on any atom is -0.379 e. The van der Waals surface area contributed by atoms with Gasteiger partial charge in [-0.15, -0.1) is 0 Å². The molecule has 3 nitrogen and oxygen atoms in total. The second-order valence-corrected chi connectivity index (χ2v) is 4.45. The van der Waals surface area contributed by atoms with E-state index in [4.69, 9.17) is 9.47 Å². The van der Waals surface area contributed by atoms with E-state index in [0.29, 0.717) is 19.6 Å². The molecule has 0 saturated heterocycles. The van der Waals surface area contributed by atoms with Gasteiger partial charge in [0.15, 0.2) is 0 Å². The first-order valence-electron chi connectivity index (χ1n) is 5.69. The van der Waals surface area contributed by atoms with Crippen molar-refractivity contribution in [3.63, 3.8) is 0 Å². The van der Waals surface area contributed by atoms with Crippen molar-refractivity contribution in [3.8, 4) is 0 Å². The smallest absolute Gasteiger partial charge is 0.132 e. The average molecular weight is 216 g/mol. The molecular weight excluding hydrogens is 192 g/mol. The van der Waals surface area contributed by atoms with Crippen molar-refractivity contribution in [1.82, 2.24) is 0 Å². The van der Waals surface area contributed by atoms with E-state index in [-0.39, 0.29) is 11.4 Å². The maximum absolute atomic E-state index is 10.9. The number of ketones is 1. The summed E-state index contributed by atoms with van der Waals surface area (Å²) in [5.41, 5.74) is -0.361. The molecule has 15 heavy (non-hydrogen) atoms. The summed E-state index contributed by atoms with van der Waals surface area (Å²) in [7, 11) is 0. The molecule has 90 valence electrons. The van der Waals surface area contributed by atoms with E-state index >= 15 is 0 Å². The molecule has 0 aromatic heterocycles. The molecule has 0 unspecified atom stereocenters. The molecule has 0 aliphatic carbocycles. The van der Waals surface area contributed by atoms with Crippen LogP contribution in [0.4, 0.5) is 0 Å². The second-order valence-electron chi connectivity index (χ2n) is 4.45. The molecule has 0 atom stereocenters. The third-order valence-electron chi connectivity index (χ3n) is 2.04. The summed E-state index contributed by atoms with van der Waals surface area (Å²) in [6.07, 6.45) is 2.70. The van der Waals surface area contributed by atoms with Crippen LogP contribution in [0.3, 0.4) is 0 Å². The number of Topliss-reactive ketones (excluding diaryl/α,β-unsaturated/α-hetero) is 1. The van der Waals surface area contributed by atoms with E-state index in [9.17, 15) is 4.79 Å². The summed E-state index contributed by atoms with van der Waals surface area (Å²) in [5, 5.41) is 0. The summed E-state index contributed by atoms with van der Waals surface area (Å²) in [6, 6.07) is 0. The van der Waals surface area contributed by atoms with Crippen molar-refractivity contribution in [2.75, 3.05) is 19.8 Å². The Morgan fingerprint density at radius 3 is 2.40 bits per heavy atom. The first kappa shape index (κ1) is 14.6. The van der Waals surface area contributed by atoms with Crippen molar-refractivity contribution in [2.24, 2.45) is 0 Å². The summed E-state index contributed by atoms with van der Waals surface area (Å²) >= 11 is 0. The third kappa shape index (κ3) is 9.88. The number of carbonyl (C=O) groups excluding carboxylic acids is 1. The molecule has 0 spiro atoms. The fraction of sp³-hybridized carbons (Fsp3) is 0.917. The Labute approximate surface area is 93.1 Å². The van der Waals surface area contributed by atoms with Gasteiger partial charge in [0.2, 0.25) is 0 Å². The highest BCUT2D eigenvalue weighted by Crippen LogP contribution is 2.14. The SMILES string of the molecule is CCCCOCCOC(C)(C)CC(C)=O. The van der Waals surface area contributed by atoms with E-state index in [2.05, 4.69) is 6.92 Å². The van der Waals surface area contributed by atoms with Crippen LogP contribution < -0.4 is 0 Å². The van der Waals surface area contributed by atoms with Crippen molar-refractivity contribution < 1.29 is 14.3 Å². The lowest BCUT2D eigenvalue weighted by Gasteiger charge is -2.23. The molecule has 0 saturated carbocycles. The quantitative estimate of drug-likeness (QED) is 0.556. The lowest BCUT2D eigenvalue weighted by molar-refractivity contribution is -0.124. The Morgan fingerprint density at radius 2 is 1.87 bits per heavy atom. The average Bonchev–Trinajstić information content (AvgIpc) is 2.08. The fourth-order valence-electron chi connectivity index (χ4n) is 1.38. The van der Waals surface area contributed by atoms with Crippen molar-refractivity contribution in [3.05, 3.63) is 0 Å². The third-order valence-corrected chi connectivity index (χ3v) is 2.04. The molecule has 0 fully saturated rings. The molecule has 0 rings (SSSR count). The molecule has 0 radical (unpaired) electrons. The zero-order chi connectivity index (χ0) is 11.7. The van der Waals surface area contributed by atoms with E-state index in [1.165, 1.54) is 0 Å². The molecule has 0 aliphatic heterocycles. The van der Waals surface area contributed by atoms with Crippen LogP contribution in [-0.4, -0.2) is 31.2 Å². The van der Waals surface area contributed by atoms with Crippen LogP contribution in [0, 0.1) is 0 Å². The predicted octanol–water partition coefficient (Wildman–Crippen LogP) is 2.58. The Hall–Kier alpha value is -0.410. The lowest BCUT2D eigenvalue weighted by Crippen LogP contribution is -2.28. The van der Waals surface area contributed by atoms with E-state index in [1.54, 1.807) is 6.92 Å². The van der Waals surface area contributed by atoms with Gasteiger partial charge in [0.1, 0.15) is 5.78 Å². The van der Waals surface area contributed by atoms with Crippen molar-refractivity contribution in [2.45, 2.75) is 52.6 Å². The van der Waals surface area contributed by atoms with Crippen molar-refractivity contribution in [1.29, 1.82) is 0 Å². The van der Waals surface area contributed by atoms with Gasteiger partial charge in [-0.2, -0.15) is 0 Å². The van der Waals surface area contributed by atoms with Crippen LogP contribution >= 0.6 is 0 Å². The van der Waals surface area contributed by atoms with Gasteiger partial charge < -0.3 is 9.47 Å². The monoisotopic (exact) mass is 216 g/mol. The number of hydrogen-bond donors (Lipinski definition) is 0. The molecule has 0 N–H and O–H groups in total. The number of rotatable bonds is 9. The summed E-state index contributed by atoms with van der Waals surface area (Å²) in [4.78, 5) is 10.9. The van der Waals surface area contributed by atoms with E-state index in [1.807, 2.05) is 13.8 Å². The number of carbonyl (C=O) groups is 1. The highest BCUT2D eigenvalue weighted by Gasteiger charge is 2.20. The fourth-order valence-corrected chi connectivity index (χ4v) is 1.38. The molecule has 0 aromatic carbocycles. The first-order chi connectivity index (χ1) is 6.98. The lowest BCUT2D eigenvalue weighted by atomic mass is 10.0. The minimum absolute atomic E-state index is 0.159. The zero-order valence-corrected chi connectivity index (χ0v) is 10.5. The van der Waals surface area contributed by atoms with Crippen LogP contribution in [0.25, 0.3) is 0 Å². The van der Waals surface area contributed by atoms with Gasteiger partial charge in [-0.25, -0.2) is 0 Å². The second kappa shape index (κ2) is 7.83. The number of hydrogen-bond acceptors (Lipinski definition) is 3. The molecule has 0 bridgehead atoms. The standard InChI is InChI=1S/C12H24O3/c1-5-6-7-14-8-9-15-12(3,4)10-11(2)13/h5-10H2,1-4H3. The Morgan fingerprint density at radius 1 is 1.20 bits per heavy atom. The first-order valence-corrected chi connectivity index (χ1v) is 5.69. The molecule has 0 aromatic rings. The zero-order valence-electron chi connectivity index (χ0n) is 10.5. The summed E-state index contributed by atoms with van der Waals surface area (Å²) in [5.74, 6) is 0.159. The van der Waals surface area contributed by atoms with Crippen LogP contribution in [0.5, 0.6) is 0 Å².